The first-order valence-electron chi connectivity index (χ1n) is 10.9. The highest BCUT2D eigenvalue weighted by molar-refractivity contribution is 7.98. The van der Waals surface area contributed by atoms with Gasteiger partial charge in [0, 0.05) is 10.6 Å². The third kappa shape index (κ3) is 4.60. The van der Waals surface area contributed by atoms with E-state index in [0.29, 0.717) is 22.7 Å². The van der Waals surface area contributed by atoms with Crippen LogP contribution in [-0.4, -0.2) is 44.0 Å². The van der Waals surface area contributed by atoms with Gasteiger partial charge in [0.2, 0.25) is 5.89 Å². The number of hydrogen-bond donors (Lipinski definition) is 0. The molecule has 33 heavy (non-hydrogen) atoms. The summed E-state index contributed by atoms with van der Waals surface area (Å²) >= 11 is 3.23. The zero-order valence-corrected chi connectivity index (χ0v) is 20.4. The van der Waals surface area contributed by atoms with Gasteiger partial charge < -0.3 is 4.42 Å². The number of hydrogen-bond acceptors (Lipinski definition) is 8. The van der Waals surface area contributed by atoms with Crippen LogP contribution >= 0.6 is 23.1 Å². The summed E-state index contributed by atoms with van der Waals surface area (Å²) in [6.45, 7) is 2.06. The van der Waals surface area contributed by atoms with Crippen molar-refractivity contribution in [3.05, 3.63) is 58.3 Å². The molecule has 4 aromatic rings. The maximum atomic E-state index is 13.5. The summed E-state index contributed by atoms with van der Waals surface area (Å²) in [5, 5.41) is 18.1. The Morgan fingerprint density at radius 1 is 1.12 bits per heavy atom. The van der Waals surface area contributed by atoms with E-state index in [4.69, 9.17) is 4.42 Å². The van der Waals surface area contributed by atoms with Crippen LogP contribution in [0.3, 0.4) is 0 Å². The van der Waals surface area contributed by atoms with Crippen LogP contribution in [0, 0.1) is 5.82 Å². The largest absolute Gasteiger partial charge is 0.419 e. The van der Waals surface area contributed by atoms with Gasteiger partial charge in [0.15, 0.2) is 11.0 Å². The fourth-order valence-corrected chi connectivity index (χ4v) is 5.81. The molecule has 1 aliphatic rings. The minimum absolute atomic E-state index is 0.0248. The standard InChI is InChI=1S/C23H25FN6OS2/c1-14(29(2)3)21-26-28-23(30(21)17-10-8-16(24)9-11-17)32-13-20-25-27-22(31-20)19-12-15-6-4-5-7-18(15)33-19/h8-12,14H,4-7,13H2,1-3H3/t14-/m0/s1. The summed E-state index contributed by atoms with van der Waals surface area (Å²) in [4.78, 5) is 4.55. The second-order valence-corrected chi connectivity index (χ2v) is 10.4. The Hall–Kier alpha value is -2.56. The Morgan fingerprint density at radius 2 is 1.91 bits per heavy atom. The minimum atomic E-state index is -0.281. The Labute approximate surface area is 200 Å². The van der Waals surface area contributed by atoms with Gasteiger partial charge in [-0.15, -0.1) is 31.7 Å². The lowest BCUT2D eigenvalue weighted by molar-refractivity contribution is 0.305. The number of aromatic nitrogens is 5. The van der Waals surface area contributed by atoms with Gasteiger partial charge in [0.1, 0.15) is 5.82 Å². The van der Waals surface area contributed by atoms with Crippen molar-refractivity contribution in [2.24, 2.45) is 0 Å². The minimum Gasteiger partial charge on any atom is -0.419 e. The number of fused-ring (bicyclic) bond motifs is 1. The fourth-order valence-electron chi connectivity index (χ4n) is 3.84. The smallest absolute Gasteiger partial charge is 0.257 e. The zero-order valence-electron chi connectivity index (χ0n) is 18.8. The summed E-state index contributed by atoms with van der Waals surface area (Å²) in [7, 11) is 3.98. The molecule has 0 aliphatic heterocycles. The van der Waals surface area contributed by atoms with E-state index in [1.165, 1.54) is 47.2 Å². The first kappa shape index (κ1) is 22.2. The highest BCUT2D eigenvalue weighted by Crippen LogP contribution is 2.36. The monoisotopic (exact) mass is 484 g/mol. The third-order valence-electron chi connectivity index (χ3n) is 5.89. The molecule has 0 spiro atoms. The number of thioether (sulfide) groups is 1. The summed E-state index contributed by atoms with van der Waals surface area (Å²) < 4.78 is 21.5. The Kier molecular flexibility index (Phi) is 6.31. The third-order valence-corrected chi connectivity index (χ3v) is 8.03. The molecule has 1 aliphatic carbocycles. The molecule has 0 amide bonds. The van der Waals surface area contributed by atoms with Gasteiger partial charge >= 0.3 is 0 Å². The van der Waals surface area contributed by atoms with Crippen LogP contribution in [0.5, 0.6) is 0 Å². The van der Waals surface area contributed by atoms with Gasteiger partial charge in [0.25, 0.3) is 5.89 Å². The van der Waals surface area contributed by atoms with Gasteiger partial charge in [-0.1, -0.05) is 11.8 Å². The van der Waals surface area contributed by atoms with E-state index in [9.17, 15) is 4.39 Å². The Morgan fingerprint density at radius 3 is 2.67 bits per heavy atom. The van der Waals surface area contributed by atoms with Crippen LogP contribution in [0.1, 0.15) is 48.0 Å². The van der Waals surface area contributed by atoms with Crippen LogP contribution < -0.4 is 0 Å². The van der Waals surface area contributed by atoms with Crippen molar-refractivity contribution in [2.45, 2.75) is 49.6 Å². The average Bonchev–Trinajstić information content (AvgIpc) is 3.55. The summed E-state index contributed by atoms with van der Waals surface area (Å²) in [6, 6.07) is 8.58. The molecular weight excluding hydrogens is 459 g/mol. The van der Waals surface area contributed by atoms with Gasteiger partial charge in [-0.05, 0) is 82.6 Å². The molecule has 1 aromatic carbocycles. The second-order valence-electron chi connectivity index (χ2n) is 8.35. The van der Waals surface area contributed by atoms with E-state index in [0.717, 1.165) is 29.2 Å². The van der Waals surface area contributed by atoms with Crippen LogP contribution in [0.25, 0.3) is 16.5 Å². The predicted molar refractivity (Wildman–Crippen MR) is 127 cm³/mol. The van der Waals surface area contributed by atoms with Gasteiger partial charge in [-0.2, -0.15) is 0 Å². The maximum absolute atomic E-state index is 13.5. The van der Waals surface area contributed by atoms with Gasteiger partial charge in [-0.3, -0.25) is 9.47 Å². The number of benzene rings is 1. The molecule has 10 heteroatoms. The number of rotatable bonds is 7. The molecule has 0 radical (unpaired) electrons. The van der Waals surface area contributed by atoms with E-state index in [1.54, 1.807) is 23.5 Å². The van der Waals surface area contributed by atoms with Crippen molar-refractivity contribution in [3.8, 4) is 16.5 Å². The summed E-state index contributed by atoms with van der Waals surface area (Å²) in [5.74, 6) is 2.08. The Bertz CT molecular complexity index is 1220. The molecule has 5 rings (SSSR count). The molecule has 1 atom stereocenters. The number of aryl methyl sites for hydroxylation is 2. The average molecular weight is 485 g/mol. The van der Waals surface area contributed by atoms with Crippen LogP contribution in [-0.2, 0) is 18.6 Å². The predicted octanol–water partition coefficient (Wildman–Crippen LogP) is 5.31. The lowest BCUT2D eigenvalue weighted by Gasteiger charge is -2.20. The SMILES string of the molecule is C[C@@H](c1nnc(SCc2nnc(-c3cc4c(s3)CCCC4)o2)n1-c1ccc(F)cc1)N(C)C. The molecule has 0 saturated carbocycles. The van der Waals surface area contributed by atoms with Crippen molar-refractivity contribution in [3.63, 3.8) is 0 Å². The first-order valence-corrected chi connectivity index (χ1v) is 12.7. The van der Waals surface area contributed by atoms with E-state index in [-0.39, 0.29) is 11.9 Å². The maximum Gasteiger partial charge on any atom is 0.257 e. The molecule has 0 unspecified atom stereocenters. The molecule has 172 valence electrons. The van der Waals surface area contributed by atoms with Crippen molar-refractivity contribution in [2.75, 3.05) is 14.1 Å². The van der Waals surface area contributed by atoms with E-state index in [1.807, 2.05) is 18.7 Å². The molecule has 7 nitrogen and oxygen atoms in total. The quantitative estimate of drug-likeness (QED) is 0.329. The van der Waals surface area contributed by atoms with Crippen LogP contribution in [0.4, 0.5) is 4.39 Å². The molecule has 3 aromatic heterocycles. The molecule has 0 N–H and O–H groups in total. The lowest BCUT2D eigenvalue weighted by atomic mass is 9.99. The van der Waals surface area contributed by atoms with Gasteiger partial charge in [0.05, 0.1) is 16.7 Å². The molecule has 0 bridgehead atoms. The lowest BCUT2D eigenvalue weighted by Crippen LogP contribution is -2.20. The van der Waals surface area contributed by atoms with Crippen molar-refractivity contribution in [1.29, 1.82) is 0 Å². The molecule has 3 heterocycles. The number of thiophene rings is 1. The van der Waals surface area contributed by atoms with Crippen LogP contribution in [0.2, 0.25) is 0 Å². The normalized spacial score (nSPS) is 14.6. The first-order chi connectivity index (χ1) is 16.0. The summed E-state index contributed by atoms with van der Waals surface area (Å²) in [6.07, 6.45) is 4.78. The molecule has 0 saturated heterocycles. The van der Waals surface area contributed by atoms with E-state index < -0.39 is 0 Å². The highest BCUT2D eigenvalue weighted by atomic mass is 32.2. The summed E-state index contributed by atoms with van der Waals surface area (Å²) in [5.41, 5.74) is 2.23. The van der Waals surface area contributed by atoms with E-state index >= 15 is 0 Å². The van der Waals surface area contributed by atoms with E-state index in [2.05, 4.69) is 38.3 Å². The molecular formula is C23H25FN6OS2. The highest BCUT2D eigenvalue weighted by Gasteiger charge is 2.22. The van der Waals surface area contributed by atoms with Crippen molar-refractivity contribution < 1.29 is 8.81 Å². The fraction of sp³-hybridized carbons (Fsp3) is 0.391. The Balaban J connectivity index is 1.38. The topological polar surface area (TPSA) is 72.9 Å². The van der Waals surface area contributed by atoms with Crippen LogP contribution in [0.15, 0.2) is 39.9 Å². The molecule has 0 fully saturated rings. The number of halogens is 1. The van der Waals surface area contributed by atoms with Crippen molar-refractivity contribution >= 4 is 23.1 Å². The van der Waals surface area contributed by atoms with Crippen molar-refractivity contribution in [1.82, 2.24) is 29.9 Å². The number of nitrogens with zero attached hydrogens (tertiary/aromatic N) is 6. The second kappa shape index (κ2) is 9.36. The van der Waals surface area contributed by atoms with Gasteiger partial charge in [-0.25, -0.2) is 4.39 Å². The zero-order chi connectivity index (χ0) is 22.9.